The van der Waals surface area contributed by atoms with Gasteiger partial charge in [0, 0.05) is 24.4 Å². The Morgan fingerprint density at radius 2 is 1.67 bits per heavy atom. The van der Waals surface area contributed by atoms with E-state index < -0.39 is 0 Å². The summed E-state index contributed by atoms with van der Waals surface area (Å²) in [6.45, 7) is 10.3. The van der Waals surface area contributed by atoms with Crippen molar-refractivity contribution in [2.45, 2.75) is 6.92 Å². The number of hydrogen-bond acceptors (Lipinski definition) is 2. The second kappa shape index (κ2) is 3.46. The van der Waals surface area contributed by atoms with Gasteiger partial charge < -0.3 is 0 Å². The lowest BCUT2D eigenvalue weighted by atomic mass is 10.1. The van der Waals surface area contributed by atoms with Crippen LogP contribution in [0.2, 0.25) is 0 Å². The van der Waals surface area contributed by atoms with E-state index in [0.717, 1.165) is 17.1 Å². The van der Waals surface area contributed by atoms with Gasteiger partial charge in [0.2, 0.25) is 0 Å². The topological polar surface area (TPSA) is 6.48 Å². The minimum atomic E-state index is 0.315. The van der Waals surface area contributed by atoms with E-state index in [0.29, 0.717) is 5.92 Å². The fourth-order valence-corrected chi connectivity index (χ4v) is 1.89. The normalized spacial score (nSPS) is 21.3. The molecule has 2 nitrogen and oxygen atoms in total. The van der Waals surface area contributed by atoms with Crippen LogP contribution in [0.15, 0.2) is 54.9 Å². The highest BCUT2D eigenvalue weighted by Crippen LogP contribution is 2.36. The number of anilines is 1. The second-order valence-corrected chi connectivity index (χ2v) is 3.88. The number of rotatable bonds is 1. The van der Waals surface area contributed by atoms with Crippen LogP contribution < -0.4 is 5.01 Å². The van der Waals surface area contributed by atoms with Gasteiger partial charge in [-0.3, -0.25) is 10.0 Å². The SMILES string of the molecule is C=C1C(C)C(=C)N(c2ccccc2)N1C. The van der Waals surface area contributed by atoms with Gasteiger partial charge in [-0.15, -0.1) is 0 Å². The molecule has 2 rings (SSSR count). The molecule has 1 unspecified atom stereocenters. The largest absolute Gasteiger partial charge is 0.288 e. The van der Waals surface area contributed by atoms with Crippen LogP contribution in [-0.2, 0) is 0 Å². The maximum absolute atomic E-state index is 4.12. The van der Waals surface area contributed by atoms with Crippen molar-refractivity contribution in [3.63, 3.8) is 0 Å². The van der Waals surface area contributed by atoms with Crippen LogP contribution in [0.4, 0.5) is 5.69 Å². The molecule has 0 spiro atoms. The summed E-state index contributed by atoms with van der Waals surface area (Å²) in [5, 5.41) is 4.16. The molecule has 0 bridgehead atoms. The van der Waals surface area contributed by atoms with Crippen LogP contribution in [0.5, 0.6) is 0 Å². The van der Waals surface area contributed by atoms with Crippen molar-refractivity contribution in [2.24, 2.45) is 5.92 Å². The van der Waals surface area contributed by atoms with Crippen LogP contribution in [0.3, 0.4) is 0 Å². The number of para-hydroxylation sites is 1. The third kappa shape index (κ3) is 1.42. The highest BCUT2D eigenvalue weighted by molar-refractivity contribution is 5.54. The van der Waals surface area contributed by atoms with Gasteiger partial charge in [0.15, 0.2) is 0 Å². The third-order valence-electron chi connectivity index (χ3n) is 2.99. The van der Waals surface area contributed by atoms with Gasteiger partial charge >= 0.3 is 0 Å². The molecule has 1 aliphatic heterocycles. The first-order chi connectivity index (χ1) is 7.13. The van der Waals surface area contributed by atoms with Crippen LogP contribution in [-0.4, -0.2) is 12.1 Å². The van der Waals surface area contributed by atoms with E-state index in [4.69, 9.17) is 0 Å². The van der Waals surface area contributed by atoms with Gasteiger partial charge in [-0.25, -0.2) is 0 Å². The second-order valence-electron chi connectivity index (χ2n) is 3.88. The fraction of sp³-hybridized carbons (Fsp3) is 0.231. The van der Waals surface area contributed by atoms with Gasteiger partial charge in [-0.05, 0) is 12.1 Å². The quantitative estimate of drug-likeness (QED) is 0.687. The summed E-state index contributed by atoms with van der Waals surface area (Å²) < 4.78 is 0. The van der Waals surface area contributed by atoms with Crippen molar-refractivity contribution in [3.8, 4) is 0 Å². The molecule has 78 valence electrons. The highest BCUT2D eigenvalue weighted by atomic mass is 15.6. The van der Waals surface area contributed by atoms with Crippen molar-refractivity contribution >= 4 is 5.69 Å². The van der Waals surface area contributed by atoms with E-state index in [1.807, 2.05) is 25.2 Å². The van der Waals surface area contributed by atoms with Gasteiger partial charge in [0.05, 0.1) is 5.69 Å². The predicted molar refractivity (Wildman–Crippen MR) is 64.1 cm³/mol. The molecule has 2 heteroatoms. The molecule has 0 saturated carbocycles. The van der Waals surface area contributed by atoms with Crippen molar-refractivity contribution in [2.75, 3.05) is 12.1 Å². The van der Waals surface area contributed by atoms with Gasteiger partial charge in [0.1, 0.15) is 0 Å². The van der Waals surface area contributed by atoms with Crippen LogP contribution in [0.25, 0.3) is 0 Å². The summed E-state index contributed by atoms with van der Waals surface area (Å²) in [7, 11) is 2.02. The van der Waals surface area contributed by atoms with Gasteiger partial charge in [0.25, 0.3) is 0 Å². The van der Waals surface area contributed by atoms with E-state index in [1.54, 1.807) is 0 Å². The average molecular weight is 200 g/mol. The van der Waals surface area contributed by atoms with E-state index in [1.165, 1.54) is 0 Å². The Balaban J connectivity index is 2.39. The fourth-order valence-electron chi connectivity index (χ4n) is 1.89. The summed E-state index contributed by atoms with van der Waals surface area (Å²) in [5.41, 5.74) is 3.30. The van der Waals surface area contributed by atoms with Crippen molar-refractivity contribution in [1.29, 1.82) is 0 Å². The first kappa shape index (κ1) is 9.84. The molecule has 0 aromatic heterocycles. The van der Waals surface area contributed by atoms with Crippen LogP contribution >= 0.6 is 0 Å². The molecule has 1 aromatic rings. The van der Waals surface area contributed by atoms with Gasteiger partial charge in [-0.2, -0.15) is 0 Å². The molecule has 0 aliphatic carbocycles. The molecule has 15 heavy (non-hydrogen) atoms. The third-order valence-corrected chi connectivity index (χ3v) is 2.99. The predicted octanol–water partition coefficient (Wildman–Crippen LogP) is 3.02. The first-order valence-electron chi connectivity index (χ1n) is 5.09. The van der Waals surface area contributed by atoms with Crippen molar-refractivity contribution in [1.82, 2.24) is 5.01 Å². The summed E-state index contributed by atoms with van der Waals surface area (Å²) >= 11 is 0. The molecule has 1 heterocycles. The Kier molecular flexibility index (Phi) is 2.27. The zero-order valence-electron chi connectivity index (χ0n) is 9.27. The first-order valence-corrected chi connectivity index (χ1v) is 5.09. The van der Waals surface area contributed by atoms with Crippen LogP contribution in [0.1, 0.15) is 6.92 Å². The summed E-state index contributed by atoms with van der Waals surface area (Å²) in [6.07, 6.45) is 0. The van der Waals surface area contributed by atoms with E-state index >= 15 is 0 Å². The lowest BCUT2D eigenvalue weighted by Gasteiger charge is -2.28. The van der Waals surface area contributed by atoms with Gasteiger partial charge in [-0.1, -0.05) is 38.3 Å². The molecule has 1 atom stereocenters. The Labute approximate surface area is 91.1 Å². The molecular weight excluding hydrogens is 184 g/mol. The monoisotopic (exact) mass is 200 g/mol. The number of hydrogen-bond donors (Lipinski definition) is 0. The number of nitrogens with zero attached hydrogens (tertiary/aromatic N) is 2. The van der Waals surface area contributed by atoms with Crippen molar-refractivity contribution in [3.05, 3.63) is 54.9 Å². The Morgan fingerprint density at radius 1 is 1.07 bits per heavy atom. The molecule has 1 aliphatic rings. The van der Waals surface area contributed by atoms with Crippen molar-refractivity contribution < 1.29 is 0 Å². The lowest BCUT2D eigenvalue weighted by Crippen LogP contribution is -2.30. The average Bonchev–Trinajstić information content (AvgIpc) is 2.45. The molecular formula is C13H16N2. The zero-order chi connectivity index (χ0) is 11.0. The minimum absolute atomic E-state index is 0.315. The van der Waals surface area contributed by atoms with E-state index in [2.05, 4.69) is 42.2 Å². The molecule has 0 amide bonds. The lowest BCUT2D eigenvalue weighted by molar-refractivity contribution is 0.448. The summed E-state index contributed by atoms with van der Waals surface area (Å²) in [6, 6.07) is 10.2. The summed E-state index contributed by atoms with van der Waals surface area (Å²) in [4.78, 5) is 0. The Bertz CT molecular complexity index is 394. The number of benzene rings is 1. The zero-order valence-corrected chi connectivity index (χ0v) is 9.27. The molecule has 0 radical (unpaired) electrons. The smallest absolute Gasteiger partial charge is 0.0628 e. The Morgan fingerprint density at radius 3 is 2.13 bits per heavy atom. The maximum Gasteiger partial charge on any atom is 0.0628 e. The summed E-state index contributed by atoms with van der Waals surface area (Å²) in [5.74, 6) is 0.315. The molecule has 0 N–H and O–H groups in total. The molecule has 1 saturated heterocycles. The Hall–Kier alpha value is -1.70. The minimum Gasteiger partial charge on any atom is -0.288 e. The van der Waals surface area contributed by atoms with Crippen LogP contribution in [0, 0.1) is 5.92 Å². The van der Waals surface area contributed by atoms with E-state index in [9.17, 15) is 0 Å². The highest BCUT2D eigenvalue weighted by Gasteiger charge is 2.31. The van der Waals surface area contributed by atoms with E-state index in [-0.39, 0.29) is 0 Å². The molecule has 1 aromatic carbocycles. The number of hydrazine groups is 1. The maximum atomic E-state index is 4.12. The standard InChI is InChI=1S/C13H16N2/c1-10-11(2)14(4)15(12(10)3)13-8-6-5-7-9-13/h5-10H,2-3H2,1,4H3. The molecule has 1 fully saturated rings.